The number of aromatic hydroxyl groups is 1. The highest BCUT2D eigenvalue weighted by Crippen LogP contribution is 2.22. The van der Waals surface area contributed by atoms with Crippen LogP contribution >= 0.6 is 0 Å². The Morgan fingerprint density at radius 2 is 1.72 bits per heavy atom. The standard InChI is InChI=1S/C21H29N3O2.C7H6O3/c1-6-20(23-18-8-10-22-11-9-18)26-19-13-16(5)12-17(14-19)21(25)24(7-2)15(3)4;8-6-4-2-1-3-5(6)7(9)10/h8-15,20H,6-7H2,1-5H3,(H,22,23);1-4,8H,(H,9,10). The molecule has 0 aliphatic rings. The number of amides is 1. The molecule has 0 saturated heterocycles. The number of nitrogens with zero attached hydrogens (tertiary/aromatic N) is 2. The maximum absolute atomic E-state index is 12.8. The van der Waals surface area contributed by atoms with E-state index in [2.05, 4.69) is 17.2 Å². The molecule has 0 aliphatic heterocycles. The van der Waals surface area contributed by atoms with Gasteiger partial charge in [-0.15, -0.1) is 0 Å². The third-order valence-electron chi connectivity index (χ3n) is 5.31. The highest BCUT2D eigenvalue weighted by atomic mass is 16.5. The number of carboxylic acid groups (broad SMARTS) is 1. The number of rotatable bonds is 9. The van der Waals surface area contributed by atoms with E-state index in [0.29, 0.717) is 17.9 Å². The molecule has 0 spiro atoms. The van der Waals surface area contributed by atoms with Gasteiger partial charge in [0.2, 0.25) is 0 Å². The summed E-state index contributed by atoms with van der Waals surface area (Å²) in [7, 11) is 0. The topological polar surface area (TPSA) is 112 Å². The zero-order valence-electron chi connectivity index (χ0n) is 21.4. The number of carboxylic acids is 1. The van der Waals surface area contributed by atoms with Crippen LogP contribution in [0.25, 0.3) is 0 Å². The predicted molar refractivity (Wildman–Crippen MR) is 141 cm³/mol. The molecular formula is C28H35N3O5. The first-order valence-corrected chi connectivity index (χ1v) is 11.9. The van der Waals surface area contributed by atoms with Gasteiger partial charge >= 0.3 is 5.97 Å². The Balaban J connectivity index is 0.000000380. The van der Waals surface area contributed by atoms with Gasteiger partial charge < -0.3 is 25.2 Å². The number of aromatic nitrogens is 1. The van der Waals surface area contributed by atoms with Gasteiger partial charge in [0.15, 0.2) is 6.23 Å². The summed E-state index contributed by atoms with van der Waals surface area (Å²) in [5.41, 5.74) is 2.55. The fourth-order valence-electron chi connectivity index (χ4n) is 3.52. The van der Waals surface area contributed by atoms with Crippen LogP contribution in [0.5, 0.6) is 11.5 Å². The number of aryl methyl sites for hydroxylation is 1. The number of ether oxygens (including phenoxy) is 1. The zero-order chi connectivity index (χ0) is 26.7. The van der Waals surface area contributed by atoms with E-state index in [1.54, 1.807) is 24.5 Å². The molecule has 3 N–H and O–H groups in total. The van der Waals surface area contributed by atoms with Crippen molar-refractivity contribution in [2.45, 2.75) is 53.3 Å². The Kier molecular flexibility index (Phi) is 10.7. The maximum atomic E-state index is 12.8. The predicted octanol–water partition coefficient (Wildman–Crippen LogP) is 5.58. The minimum absolute atomic E-state index is 0.0335. The lowest BCUT2D eigenvalue weighted by Gasteiger charge is -2.26. The van der Waals surface area contributed by atoms with Gasteiger partial charge in [-0.2, -0.15) is 0 Å². The lowest BCUT2D eigenvalue weighted by atomic mass is 10.1. The highest BCUT2D eigenvalue weighted by molar-refractivity contribution is 5.95. The molecule has 1 heterocycles. The third-order valence-corrected chi connectivity index (χ3v) is 5.31. The molecule has 0 radical (unpaired) electrons. The molecule has 0 aliphatic carbocycles. The minimum Gasteiger partial charge on any atom is -0.507 e. The molecule has 1 unspecified atom stereocenters. The van der Waals surface area contributed by atoms with Crippen LogP contribution in [0.15, 0.2) is 67.0 Å². The van der Waals surface area contributed by atoms with Crippen molar-refractivity contribution in [3.05, 3.63) is 83.7 Å². The Morgan fingerprint density at radius 3 is 2.25 bits per heavy atom. The van der Waals surface area contributed by atoms with Crippen molar-refractivity contribution in [3.8, 4) is 11.5 Å². The number of phenols is 1. The average molecular weight is 494 g/mol. The summed E-state index contributed by atoms with van der Waals surface area (Å²) in [5.74, 6) is -0.583. The van der Waals surface area contributed by atoms with Gasteiger partial charge in [-0.3, -0.25) is 9.78 Å². The van der Waals surface area contributed by atoms with Crippen LogP contribution in [-0.4, -0.2) is 50.8 Å². The summed E-state index contributed by atoms with van der Waals surface area (Å²) in [6, 6.07) is 15.5. The van der Waals surface area contributed by atoms with E-state index in [-0.39, 0.29) is 29.5 Å². The van der Waals surface area contributed by atoms with Gasteiger partial charge in [-0.1, -0.05) is 19.1 Å². The number of para-hydroxylation sites is 1. The number of pyridine rings is 1. The number of hydrogen-bond acceptors (Lipinski definition) is 6. The molecule has 3 aromatic rings. The number of aromatic carboxylic acids is 1. The fourth-order valence-corrected chi connectivity index (χ4v) is 3.52. The van der Waals surface area contributed by atoms with Gasteiger partial charge in [0, 0.05) is 42.7 Å². The van der Waals surface area contributed by atoms with Crippen molar-refractivity contribution in [3.63, 3.8) is 0 Å². The normalized spacial score (nSPS) is 11.2. The minimum atomic E-state index is -1.11. The van der Waals surface area contributed by atoms with Gasteiger partial charge in [0.1, 0.15) is 17.1 Å². The molecule has 8 heteroatoms. The smallest absolute Gasteiger partial charge is 0.339 e. The molecular weight excluding hydrogens is 458 g/mol. The van der Waals surface area contributed by atoms with E-state index in [0.717, 1.165) is 17.7 Å². The number of hydrogen-bond donors (Lipinski definition) is 3. The molecule has 36 heavy (non-hydrogen) atoms. The second-order valence-corrected chi connectivity index (χ2v) is 8.44. The lowest BCUT2D eigenvalue weighted by Crippen LogP contribution is -2.36. The molecule has 8 nitrogen and oxygen atoms in total. The van der Waals surface area contributed by atoms with E-state index in [1.807, 2.05) is 62.9 Å². The largest absolute Gasteiger partial charge is 0.507 e. The molecule has 3 rings (SSSR count). The molecule has 1 atom stereocenters. The Hall–Kier alpha value is -4.07. The quantitative estimate of drug-likeness (QED) is 0.334. The number of carbonyl (C=O) groups excluding carboxylic acids is 1. The van der Waals surface area contributed by atoms with E-state index in [9.17, 15) is 9.59 Å². The van der Waals surface area contributed by atoms with Crippen LogP contribution in [0.2, 0.25) is 0 Å². The number of anilines is 1. The molecule has 0 saturated carbocycles. The van der Waals surface area contributed by atoms with E-state index in [1.165, 1.54) is 12.1 Å². The SMILES string of the molecule is CCC(Nc1ccncc1)Oc1cc(C)cc(C(=O)N(CC)C(C)C)c1.O=C(O)c1ccccc1O. The van der Waals surface area contributed by atoms with Crippen molar-refractivity contribution in [2.75, 3.05) is 11.9 Å². The summed E-state index contributed by atoms with van der Waals surface area (Å²) in [6.07, 6.45) is 4.08. The van der Waals surface area contributed by atoms with Crippen LogP contribution in [0.1, 0.15) is 60.4 Å². The molecule has 1 aromatic heterocycles. The zero-order valence-corrected chi connectivity index (χ0v) is 21.4. The molecule has 0 bridgehead atoms. The summed E-state index contributed by atoms with van der Waals surface area (Å²) in [6.45, 7) is 10.8. The van der Waals surface area contributed by atoms with Gasteiger partial charge in [0.25, 0.3) is 5.91 Å². The second-order valence-electron chi connectivity index (χ2n) is 8.44. The number of carbonyl (C=O) groups is 2. The summed E-state index contributed by atoms with van der Waals surface area (Å²) < 4.78 is 6.11. The summed E-state index contributed by atoms with van der Waals surface area (Å²) in [4.78, 5) is 29.0. The van der Waals surface area contributed by atoms with Crippen LogP contribution in [0.4, 0.5) is 5.69 Å². The van der Waals surface area contributed by atoms with Gasteiger partial charge in [-0.05, 0) is 75.7 Å². The van der Waals surface area contributed by atoms with Crippen LogP contribution in [-0.2, 0) is 0 Å². The monoisotopic (exact) mass is 493 g/mol. The van der Waals surface area contributed by atoms with Crippen molar-refractivity contribution >= 4 is 17.6 Å². The first-order chi connectivity index (χ1) is 17.2. The van der Waals surface area contributed by atoms with Crippen molar-refractivity contribution in [2.24, 2.45) is 0 Å². The first kappa shape index (κ1) is 28.2. The van der Waals surface area contributed by atoms with E-state index in [4.69, 9.17) is 14.9 Å². The molecule has 2 aromatic carbocycles. The number of benzene rings is 2. The first-order valence-electron chi connectivity index (χ1n) is 11.9. The fraction of sp³-hybridized carbons (Fsp3) is 0.321. The summed E-state index contributed by atoms with van der Waals surface area (Å²) in [5, 5.41) is 20.6. The third kappa shape index (κ3) is 8.30. The van der Waals surface area contributed by atoms with E-state index >= 15 is 0 Å². The van der Waals surface area contributed by atoms with E-state index < -0.39 is 5.97 Å². The Morgan fingerprint density at radius 1 is 1.06 bits per heavy atom. The maximum Gasteiger partial charge on any atom is 0.339 e. The molecule has 1 amide bonds. The average Bonchev–Trinajstić information content (AvgIpc) is 2.84. The second kappa shape index (κ2) is 13.7. The highest BCUT2D eigenvalue weighted by Gasteiger charge is 2.19. The Bertz CT molecular complexity index is 1140. The van der Waals surface area contributed by atoms with Gasteiger partial charge in [0.05, 0.1) is 0 Å². The Labute approximate surface area is 212 Å². The van der Waals surface area contributed by atoms with Crippen LogP contribution in [0.3, 0.4) is 0 Å². The van der Waals surface area contributed by atoms with Crippen molar-refractivity contribution in [1.29, 1.82) is 0 Å². The van der Waals surface area contributed by atoms with Crippen LogP contribution < -0.4 is 10.1 Å². The lowest BCUT2D eigenvalue weighted by molar-refractivity contribution is 0.0690. The number of nitrogens with one attached hydrogen (secondary N) is 1. The summed E-state index contributed by atoms with van der Waals surface area (Å²) >= 11 is 0. The molecule has 192 valence electrons. The van der Waals surface area contributed by atoms with Gasteiger partial charge in [-0.25, -0.2) is 4.79 Å². The van der Waals surface area contributed by atoms with Crippen molar-refractivity contribution < 1.29 is 24.5 Å². The van der Waals surface area contributed by atoms with Crippen molar-refractivity contribution in [1.82, 2.24) is 9.88 Å². The van der Waals surface area contributed by atoms with Crippen LogP contribution in [0, 0.1) is 6.92 Å². The molecule has 0 fully saturated rings.